The van der Waals surface area contributed by atoms with E-state index in [0.717, 1.165) is 13.2 Å². The van der Waals surface area contributed by atoms with Crippen molar-refractivity contribution in [3.05, 3.63) is 29.3 Å². The minimum atomic E-state index is 0.403. The van der Waals surface area contributed by atoms with Gasteiger partial charge >= 0.3 is 0 Å². The summed E-state index contributed by atoms with van der Waals surface area (Å²) in [5, 5.41) is 3.47. The molecule has 0 amide bonds. The predicted octanol–water partition coefficient (Wildman–Crippen LogP) is 3.71. The van der Waals surface area contributed by atoms with Crippen LogP contribution in [0.15, 0.2) is 18.2 Å². The van der Waals surface area contributed by atoms with Crippen molar-refractivity contribution in [3.63, 3.8) is 0 Å². The summed E-state index contributed by atoms with van der Waals surface area (Å²) in [6.45, 7) is 8.52. The van der Waals surface area contributed by atoms with Crippen LogP contribution in [0.1, 0.15) is 43.7 Å². The van der Waals surface area contributed by atoms with Gasteiger partial charge in [-0.1, -0.05) is 19.9 Å². The fourth-order valence-electron chi connectivity index (χ4n) is 2.47. The highest BCUT2D eigenvalue weighted by molar-refractivity contribution is 5.49. The minimum absolute atomic E-state index is 0.403. The molecule has 0 bridgehead atoms. The smallest absolute Gasteiger partial charge is 0.0748 e. The van der Waals surface area contributed by atoms with Crippen LogP contribution in [0.25, 0.3) is 0 Å². The highest BCUT2D eigenvalue weighted by Gasteiger charge is 2.14. The molecule has 17 heavy (non-hydrogen) atoms. The molecule has 1 aliphatic heterocycles. The molecule has 1 atom stereocenters. The first-order chi connectivity index (χ1) is 8.16. The lowest BCUT2D eigenvalue weighted by atomic mass is 9.98. The van der Waals surface area contributed by atoms with E-state index in [-0.39, 0.29) is 0 Å². The number of ether oxygens (including phenoxy) is 1. The molecule has 1 aliphatic rings. The summed E-state index contributed by atoms with van der Waals surface area (Å²) in [7, 11) is 0. The van der Waals surface area contributed by atoms with Crippen molar-refractivity contribution in [1.82, 2.24) is 0 Å². The summed E-state index contributed by atoms with van der Waals surface area (Å²) < 4.78 is 5.60. The maximum atomic E-state index is 5.60. The van der Waals surface area contributed by atoms with Crippen LogP contribution in [-0.2, 0) is 4.74 Å². The van der Waals surface area contributed by atoms with Crippen molar-refractivity contribution in [2.24, 2.45) is 0 Å². The summed E-state index contributed by atoms with van der Waals surface area (Å²) >= 11 is 0. The molecule has 1 N–H and O–H groups in total. The lowest BCUT2D eigenvalue weighted by Gasteiger charge is -2.15. The van der Waals surface area contributed by atoms with E-state index in [1.165, 1.54) is 29.7 Å². The third-order valence-corrected chi connectivity index (χ3v) is 3.45. The zero-order chi connectivity index (χ0) is 12.3. The Morgan fingerprint density at radius 1 is 1.41 bits per heavy atom. The maximum Gasteiger partial charge on any atom is 0.0748 e. The Morgan fingerprint density at radius 3 is 2.82 bits per heavy atom. The van der Waals surface area contributed by atoms with Crippen molar-refractivity contribution in [2.45, 2.75) is 45.6 Å². The third-order valence-electron chi connectivity index (χ3n) is 3.45. The van der Waals surface area contributed by atoms with Gasteiger partial charge in [0, 0.05) is 18.8 Å². The predicted molar refractivity (Wildman–Crippen MR) is 72.7 cm³/mol. The van der Waals surface area contributed by atoms with Gasteiger partial charge in [0.2, 0.25) is 0 Å². The number of hydrogen-bond acceptors (Lipinski definition) is 2. The molecule has 94 valence electrons. The summed E-state index contributed by atoms with van der Waals surface area (Å²) in [5.41, 5.74) is 4.02. The standard InChI is InChI=1S/C15H23NO/c1-11(2)15-7-6-13(9-12(15)3)16-10-14-5-4-8-17-14/h6-7,9,11,14,16H,4-5,8,10H2,1-3H3. The average molecular weight is 233 g/mol. The second-order valence-electron chi connectivity index (χ2n) is 5.24. The van der Waals surface area contributed by atoms with Gasteiger partial charge in [0.05, 0.1) is 6.10 Å². The van der Waals surface area contributed by atoms with E-state index >= 15 is 0 Å². The summed E-state index contributed by atoms with van der Waals surface area (Å²) in [5.74, 6) is 0.599. The van der Waals surface area contributed by atoms with Gasteiger partial charge in [0.25, 0.3) is 0 Å². The van der Waals surface area contributed by atoms with E-state index in [9.17, 15) is 0 Å². The van der Waals surface area contributed by atoms with Crippen LogP contribution >= 0.6 is 0 Å². The van der Waals surface area contributed by atoms with Crippen LogP contribution in [0.2, 0.25) is 0 Å². The largest absolute Gasteiger partial charge is 0.382 e. The molecule has 1 unspecified atom stereocenters. The number of nitrogens with one attached hydrogen (secondary N) is 1. The van der Waals surface area contributed by atoms with Crippen molar-refractivity contribution < 1.29 is 4.74 Å². The fourth-order valence-corrected chi connectivity index (χ4v) is 2.47. The lowest BCUT2D eigenvalue weighted by molar-refractivity contribution is 0.120. The highest BCUT2D eigenvalue weighted by atomic mass is 16.5. The van der Waals surface area contributed by atoms with Crippen LogP contribution in [0, 0.1) is 6.92 Å². The summed E-state index contributed by atoms with van der Waals surface area (Å²) in [6, 6.07) is 6.65. The topological polar surface area (TPSA) is 21.3 Å². The number of aryl methyl sites for hydroxylation is 1. The molecule has 0 radical (unpaired) electrons. The molecular weight excluding hydrogens is 210 g/mol. The van der Waals surface area contributed by atoms with E-state index in [1.807, 2.05) is 0 Å². The zero-order valence-electron chi connectivity index (χ0n) is 11.1. The van der Waals surface area contributed by atoms with Crippen LogP contribution in [0.4, 0.5) is 5.69 Å². The first-order valence-electron chi connectivity index (χ1n) is 6.63. The normalized spacial score (nSPS) is 19.9. The second kappa shape index (κ2) is 5.54. The molecule has 2 heteroatoms. The van der Waals surface area contributed by atoms with Crippen molar-refractivity contribution in [2.75, 3.05) is 18.5 Å². The van der Waals surface area contributed by atoms with Crippen molar-refractivity contribution in [3.8, 4) is 0 Å². The maximum absolute atomic E-state index is 5.60. The van der Waals surface area contributed by atoms with E-state index in [0.29, 0.717) is 12.0 Å². The van der Waals surface area contributed by atoms with Gasteiger partial charge < -0.3 is 10.1 Å². The van der Waals surface area contributed by atoms with Gasteiger partial charge in [-0.2, -0.15) is 0 Å². The molecule has 1 fully saturated rings. The second-order valence-corrected chi connectivity index (χ2v) is 5.24. The van der Waals surface area contributed by atoms with E-state index in [2.05, 4.69) is 44.3 Å². The van der Waals surface area contributed by atoms with E-state index in [1.54, 1.807) is 0 Å². The third kappa shape index (κ3) is 3.22. The van der Waals surface area contributed by atoms with Gasteiger partial charge in [-0.3, -0.25) is 0 Å². The molecular formula is C15H23NO. The Bertz CT molecular complexity index is 367. The molecule has 2 rings (SSSR count). The van der Waals surface area contributed by atoms with Gasteiger partial charge in [-0.25, -0.2) is 0 Å². The van der Waals surface area contributed by atoms with Gasteiger partial charge in [0.15, 0.2) is 0 Å². The van der Waals surface area contributed by atoms with Crippen LogP contribution < -0.4 is 5.32 Å². The van der Waals surface area contributed by atoms with Crippen LogP contribution in [-0.4, -0.2) is 19.3 Å². The van der Waals surface area contributed by atoms with Crippen LogP contribution in [0.3, 0.4) is 0 Å². The Morgan fingerprint density at radius 2 is 2.24 bits per heavy atom. The molecule has 2 nitrogen and oxygen atoms in total. The Labute approximate surface area is 104 Å². The van der Waals surface area contributed by atoms with E-state index < -0.39 is 0 Å². The summed E-state index contributed by atoms with van der Waals surface area (Å²) in [6.07, 6.45) is 2.80. The summed E-state index contributed by atoms with van der Waals surface area (Å²) in [4.78, 5) is 0. The Kier molecular flexibility index (Phi) is 4.06. The van der Waals surface area contributed by atoms with Gasteiger partial charge in [-0.05, 0) is 48.9 Å². The van der Waals surface area contributed by atoms with Crippen molar-refractivity contribution in [1.29, 1.82) is 0 Å². The number of rotatable bonds is 4. The Hall–Kier alpha value is -1.02. The molecule has 0 aliphatic carbocycles. The zero-order valence-corrected chi connectivity index (χ0v) is 11.1. The quantitative estimate of drug-likeness (QED) is 0.856. The van der Waals surface area contributed by atoms with E-state index in [4.69, 9.17) is 4.74 Å². The number of anilines is 1. The highest BCUT2D eigenvalue weighted by Crippen LogP contribution is 2.22. The molecule has 1 aromatic rings. The van der Waals surface area contributed by atoms with Gasteiger partial charge in [-0.15, -0.1) is 0 Å². The van der Waals surface area contributed by atoms with Crippen molar-refractivity contribution >= 4 is 5.69 Å². The average Bonchev–Trinajstić information content (AvgIpc) is 2.78. The molecule has 1 heterocycles. The molecule has 0 spiro atoms. The monoisotopic (exact) mass is 233 g/mol. The molecule has 1 aromatic carbocycles. The Balaban J connectivity index is 1.94. The SMILES string of the molecule is Cc1cc(NCC2CCCO2)ccc1C(C)C. The molecule has 0 aromatic heterocycles. The lowest BCUT2D eigenvalue weighted by Crippen LogP contribution is -2.18. The fraction of sp³-hybridized carbons (Fsp3) is 0.600. The first kappa shape index (κ1) is 12.4. The number of hydrogen-bond donors (Lipinski definition) is 1. The molecule has 0 saturated carbocycles. The van der Waals surface area contributed by atoms with Gasteiger partial charge in [0.1, 0.15) is 0 Å². The van der Waals surface area contributed by atoms with Crippen LogP contribution in [0.5, 0.6) is 0 Å². The number of benzene rings is 1. The first-order valence-corrected chi connectivity index (χ1v) is 6.63. The molecule has 1 saturated heterocycles. The minimum Gasteiger partial charge on any atom is -0.382 e.